The zero-order chi connectivity index (χ0) is 27.6. The summed E-state index contributed by atoms with van der Waals surface area (Å²) in [5, 5.41) is 0. The molecule has 0 aliphatic carbocycles. The maximum atomic E-state index is 5.86. The van der Waals surface area contributed by atoms with Gasteiger partial charge in [0.25, 0.3) is 0 Å². The number of methoxy groups -OCH3 is 1. The van der Waals surface area contributed by atoms with E-state index in [0.717, 1.165) is 51.4 Å². The Labute approximate surface area is 238 Å². The van der Waals surface area contributed by atoms with Crippen molar-refractivity contribution in [2.75, 3.05) is 36.7 Å². The number of rotatable bonds is 5. The largest absolute Gasteiger partial charge is 0.381 e. The molecule has 3 fully saturated rings. The first-order chi connectivity index (χ1) is 19.3. The van der Waals surface area contributed by atoms with Gasteiger partial charge >= 0.3 is 0 Å². The molecule has 2 bridgehead atoms. The molecule has 3 aromatic rings. The number of hydrogen-bond donors (Lipinski definition) is 0. The van der Waals surface area contributed by atoms with E-state index in [4.69, 9.17) is 19.4 Å². The van der Waals surface area contributed by atoms with E-state index >= 15 is 0 Å². The van der Waals surface area contributed by atoms with E-state index in [1.165, 1.54) is 63.4 Å². The van der Waals surface area contributed by atoms with Crippen molar-refractivity contribution in [3.05, 3.63) is 69.9 Å². The van der Waals surface area contributed by atoms with Crippen LogP contribution in [0.3, 0.4) is 0 Å². The van der Waals surface area contributed by atoms with Gasteiger partial charge in [-0.15, -0.1) is 0 Å². The van der Waals surface area contributed by atoms with Crippen molar-refractivity contribution >= 4 is 11.5 Å². The predicted octanol–water partition coefficient (Wildman–Crippen LogP) is 6.07. The molecule has 5 heterocycles. The summed E-state index contributed by atoms with van der Waals surface area (Å²) in [5.41, 5.74) is 10.4. The Bertz CT molecular complexity index is 1410. The van der Waals surface area contributed by atoms with E-state index in [1.807, 2.05) is 7.11 Å². The minimum absolute atomic E-state index is 0.121. The molecule has 4 aliphatic rings. The maximum absolute atomic E-state index is 5.86. The summed E-state index contributed by atoms with van der Waals surface area (Å²) >= 11 is 0. The molecule has 0 radical (unpaired) electrons. The van der Waals surface area contributed by atoms with Crippen LogP contribution in [0.5, 0.6) is 0 Å². The minimum atomic E-state index is 0.121. The Hall–Kier alpha value is -2.96. The molecule has 7 rings (SSSR count). The number of aryl methyl sites for hydroxylation is 3. The normalized spacial score (nSPS) is 25.1. The lowest BCUT2D eigenvalue weighted by Crippen LogP contribution is -2.47. The lowest BCUT2D eigenvalue weighted by atomic mass is 9.80. The summed E-state index contributed by atoms with van der Waals surface area (Å²) in [4.78, 5) is 16.0. The van der Waals surface area contributed by atoms with Crippen molar-refractivity contribution in [3.63, 3.8) is 0 Å². The fraction of sp³-hybridized carbons (Fsp3) is 0.529. The van der Waals surface area contributed by atoms with Gasteiger partial charge in [-0.05, 0) is 74.8 Å². The second-order valence-corrected chi connectivity index (χ2v) is 12.9. The van der Waals surface area contributed by atoms with Crippen LogP contribution in [0, 0.1) is 20.8 Å². The SMILES string of the molecule is COC1C[C@H]2CC[C@@H](C1)N2c1nc(-c2c(C)cccc2C)nc2c1CN(c1cc(C3(C)COC3)ccc1C)CC2. The fourth-order valence-electron chi connectivity index (χ4n) is 7.66. The Morgan fingerprint density at radius 1 is 0.950 bits per heavy atom. The van der Waals surface area contributed by atoms with Crippen LogP contribution in [0.2, 0.25) is 0 Å². The molecule has 3 atom stereocenters. The van der Waals surface area contributed by atoms with Crippen molar-refractivity contribution < 1.29 is 9.47 Å². The van der Waals surface area contributed by atoms with E-state index in [9.17, 15) is 0 Å². The van der Waals surface area contributed by atoms with Gasteiger partial charge in [0.15, 0.2) is 5.82 Å². The molecule has 3 saturated heterocycles. The lowest BCUT2D eigenvalue weighted by Gasteiger charge is -2.42. The van der Waals surface area contributed by atoms with Gasteiger partial charge in [-0.25, -0.2) is 9.97 Å². The van der Waals surface area contributed by atoms with Crippen molar-refractivity contribution in [2.24, 2.45) is 0 Å². The number of hydrogen-bond acceptors (Lipinski definition) is 6. The van der Waals surface area contributed by atoms with E-state index in [-0.39, 0.29) is 5.41 Å². The number of ether oxygens (including phenoxy) is 2. The smallest absolute Gasteiger partial charge is 0.162 e. The molecule has 0 spiro atoms. The molecule has 6 heteroatoms. The highest BCUT2D eigenvalue weighted by atomic mass is 16.5. The van der Waals surface area contributed by atoms with Gasteiger partial charge in [-0.3, -0.25) is 0 Å². The molecule has 40 heavy (non-hydrogen) atoms. The molecule has 4 aliphatic heterocycles. The topological polar surface area (TPSA) is 50.7 Å². The highest BCUT2D eigenvalue weighted by Gasteiger charge is 2.43. The third-order valence-corrected chi connectivity index (χ3v) is 10.1. The van der Waals surface area contributed by atoms with Gasteiger partial charge < -0.3 is 19.3 Å². The van der Waals surface area contributed by atoms with Crippen molar-refractivity contribution in [1.29, 1.82) is 0 Å². The van der Waals surface area contributed by atoms with Crippen molar-refractivity contribution in [2.45, 2.75) is 89.9 Å². The van der Waals surface area contributed by atoms with Crippen LogP contribution >= 0.6 is 0 Å². The first-order valence-corrected chi connectivity index (χ1v) is 15.1. The first kappa shape index (κ1) is 26.0. The maximum Gasteiger partial charge on any atom is 0.162 e. The third kappa shape index (κ3) is 4.22. The van der Waals surface area contributed by atoms with Crippen LogP contribution in [0.1, 0.15) is 66.1 Å². The number of fused-ring (bicyclic) bond motifs is 3. The van der Waals surface area contributed by atoms with Gasteiger partial charge in [0, 0.05) is 60.9 Å². The van der Waals surface area contributed by atoms with Crippen LogP contribution in [-0.4, -0.2) is 55.0 Å². The van der Waals surface area contributed by atoms with Crippen LogP contribution in [0.15, 0.2) is 36.4 Å². The quantitative estimate of drug-likeness (QED) is 0.393. The summed E-state index contributed by atoms with van der Waals surface area (Å²) in [6, 6.07) is 14.5. The van der Waals surface area contributed by atoms with Crippen molar-refractivity contribution in [1.82, 2.24) is 9.97 Å². The molecule has 1 unspecified atom stereocenters. The summed E-state index contributed by atoms with van der Waals surface area (Å²) in [5.74, 6) is 2.06. The zero-order valence-electron chi connectivity index (χ0n) is 24.7. The number of anilines is 2. The standard InChI is InChI=1S/C34H42N4O2/c1-21-9-10-24(34(4)19-40-20-34)15-30(21)37-14-13-29-28(18-37)33(38-25-11-12-26(38)17-27(16-25)39-5)36-32(35-29)31-22(2)7-6-8-23(31)3/h6-10,15,25-27H,11-14,16-20H2,1-5H3/t25-,26+,27?. The van der Waals surface area contributed by atoms with Gasteiger partial charge in [0.05, 0.1) is 25.0 Å². The highest BCUT2D eigenvalue weighted by molar-refractivity contribution is 5.69. The Balaban J connectivity index is 1.32. The van der Waals surface area contributed by atoms with Gasteiger partial charge in [0.1, 0.15) is 5.82 Å². The minimum Gasteiger partial charge on any atom is -0.381 e. The average molecular weight is 539 g/mol. The summed E-state index contributed by atoms with van der Waals surface area (Å²) in [7, 11) is 1.87. The summed E-state index contributed by atoms with van der Waals surface area (Å²) in [6.07, 6.45) is 5.87. The Morgan fingerprint density at radius 2 is 1.68 bits per heavy atom. The number of piperidine rings is 1. The fourth-order valence-corrected chi connectivity index (χ4v) is 7.66. The summed E-state index contributed by atoms with van der Waals surface area (Å²) < 4.78 is 11.5. The second kappa shape index (κ2) is 9.85. The van der Waals surface area contributed by atoms with E-state index in [1.54, 1.807) is 0 Å². The zero-order valence-corrected chi connectivity index (χ0v) is 24.7. The van der Waals surface area contributed by atoms with Crippen LogP contribution in [0.4, 0.5) is 11.5 Å². The van der Waals surface area contributed by atoms with Gasteiger partial charge in [0.2, 0.25) is 0 Å². The van der Waals surface area contributed by atoms with Crippen LogP contribution in [0.25, 0.3) is 11.4 Å². The lowest BCUT2D eigenvalue weighted by molar-refractivity contribution is -0.0499. The van der Waals surface area contributed by atoms with Crippen LogP contribution in [-0.2, 0) is 27.9 Å². The number of benzene rings is 2. The molecular weight excluding hydrogens is 496 g/mol. The Morgan fingerprint density at radius 3 is 2.33 bits per heavy atom. The Kier molecular flexibility index (Phi) is 6.39. The molecule has 0 saturated carbocycles. The molecule has 210 valence electrons. The molecule has 1 aromatic heterocycles. The monoisotopic (exact) mass is 538 g/mol. The predicted molar refractivity (Wildman–Crippen MR) is 160 cm³/mol. The third-order valence-electron chi connectivity index (χ3n) is 10.1. The highest BCUT2D eigenvalue weighted by Crippen LogP contribution is 2.44. The van der Waals surface area contributed by atoms with Gasteiger partial charge in [-0.2, -0.15) is 0 Å². The number of nitrogens with zero attached hydrogens (tertiary/aromatic N) is 4. The van der Waals surface area contributed by atoms with Crippen molar-refractivity contribution in [3.8, 4) is 11.4 Å². The average Bonchev–Trinajstić information content (AvgIpc) is 3.19. The van der Waals surface area contributed by atoms with E-state index in [2.05, 4.69) is 73.9 Å². The van der Waals surface area contributed by atoms with E-state index < -0.39 is 0 Å². The second-order valence-electron chi connectivity index (χ2n) is 12.9. The molecule has 6 nitrogen and oxygen atoms in total. The van der Waals surface area contributed by atoms with Gasteiger partial charge in [-0.1, -0.05) is 37.3 Å². The molecule has 0 amide bonds. The first-order valence-electron chi connectivity index (χ1n) is 15.1. The van der Waals surface area contributed by atoms with Crippen LogP contribution < -0.4 is 9.80 Å². The number of aromatic nitrogens is 2. The van der Waals surface area contributed by atoms with E-state index in [0.29, 0.717) is 18.2 Å². The molecular formula is C34H42N4O2. The summed E-state index contributed by atoms with van der Waals surface area (Å²) in [6.45, 7) is 12.3. The molecule has 2 aromatic carbocycles. The molecule has 0 N–H and O–H groups in total.